The van der Waals surface area contributed by atoms with Crippen LogP contribution in [-0.4, -0.2) is 27.4 Å². The molecule has 0 atom stereocenters. The van der Waals surface area contributed by atoms with E-state index in [1.54, 1.807) is 12.1 Å². The van der Waals surface area contributed by atoms with Crippen molar-refractivity contribution in [1.82, 2.24) is 0 Å². The monoisotopic (exact) mass is 335 g/mol. The van der Waals surface area contributed by atoms with Crippen LogP contribution >= 0.6 is 15.9 Å². The fourth-order valence-corrected chi connectivity index (χ4v) is 3.33. The van der Waals surface area contributed by atoms with Crippen molar-refractivity contribution in [3.8, 4) is 11.5 Å². The van der Waals surface area contributed by atoms with Crippen molar-refractivity contribution in [2.75, 3.05) is 23.7 Å². The van der Waals surface area contributed by atoms with Gasteiger partial charge in [-0.25, -0.2) is 8.42 Å². The molecule has 100 valence electrons. The number of ether oxygens (including phenoxy) is 2. The average molecular weight is 336 g/mol. The summed E-state index contributed by atoms with van der Waals surface area (Å²) in [6.45, 7) is 2.79. The Hall–Kier alpha value is -0.950. The van der Waals surface area contributed by atoms with Crippen LogP contribution in [0.15, 0.2) is 16.6 Å². The van der Waals surface area contributed by atoms with E-state index in [0.29, 0.717) is 41.3 Å². The number of anilines is 1. The van der Waals surface area contributed by atoms with Gasteiger partial charge in [-0.1, -0.05) is 6.92 Å². The Morgan fingerprint density at radius 3 is 2.50 bits per heavy atom. The van der Waals surface area contributed by atoms with Gasteiger partial charge in [0.2, 0.25) is 10.0 Å². The minimum absolute atomic E-state index is 0.0912. The van der Waals surface area contributed by atoms with E-state index in [4.69, 9.17) is 9.47 Å². The maximum absolute atomic E-state index is 11.7. The van der Waals surface area contributed by atoms with Gasteiger partial charge in [0.1, 0.15) is 13.2 Å². The van der Waals surface area contributed by atoms with Crippen LogP contribution in [0.25, 0.3) is 0 Å². The van der Waals surface area contributed by atoms with Crippen LogP contribution in [0, 0.1) is 0 Å². The summed E-state index contributed by atoms with van der Waals surface area (Å²) in [5.41, 5.74) is 0.465. The Balaban J connectivity index is 2.29. The van der Waals surface area contributed by atoms with E-state index in [1.165, 1.54) is 0 Å². The first kappa shape index (κ1) is 13.5. The lowest BCUT2D eigenvalue weighted by molar-refractivity contribution is 0.171. The Bertz CT molecular complexity index is 544. The predicted octanol–water partition coefficient (Wildman–Crippen LogP) is 2.37. The molecular formula is C11H14BrNO4S. The van der Waals surface area contributed by atoms with Crippen LogP contribution in [0.1, 0.15) is 13.3 Å². The number of nitrogens with one attached hydrogen (secondary N) is 1. The highest BCUT2D eigenvalue weighted by atomic mass is 79.9. The van der Waals surface area contributed by atoms with Gasteiger partial charge in [-0.15, -0.1) is 0 Å². The Kier molecular flexibility index (Phi) is 4.01. The van der Waals surface area contributed by atoms with Gasteiger partial charge in [-0.2, -0.15) is 0 Å². The standard InChI is InChI=1S/C11H14BrNO4S/c1-2-5-18(14,15)13-9-7-11-10(6-8(9)12)16-3-4-17-11/h6-7,13H,2-5H2,1H3. The SMILES string of the molecule is CCCS(=O)(=O)Nc1cc2c(cc1Br)OCCO2. The summed E-state index contributed by atoms with van der Waals surface area (Å²) >= 11 is 3.32. The van der Waals surface area contributed by atoms with Crippen molar-refractivity contribution in [1.29, 1.82) is 0 Å². The molecule has 1 aliphatic heterocycles. The van der Waals surface area contributed by atoms with Crippen molar-refractivity contribution in [2.45, 2.75) is 13.3 Å². The third kappa shape index (κ3) is 3.08. The van der Waals surface area contributed by atoms with Crippen molar-refractivity contribution in [2.24, 2.45) is 0 Å². The summed E-state index contributed by atoms with van der Waals surface area (Å²) in [5.74, 6) is 1.26. The third-order valence-corrected chi connectivity index (χ3v) is 4.50. The van der Waals surface area contributed by atoms with Crippen LogP contribution in [0.5, 0.6) is 11.5 Å². The molecule has 0 aliphatic carbocycles. The Morgan fingerprint density at radius 2 is 1.89 bits per heavy atom. The minimum atomic E-state index is -3.31. The molecule has 0 saturated heterocycles. The largest absolute Gasteiger partial charge is 0.486 e. The van der Waals surface area contributed by atoms with E-state index in [1.807, 2.05) is 6.92 Å². The van der Waals surface area contributed by atoms with Gasteiger partial charge < -0.3 is 9.47 Å². The first-order chi connectivity index (χ1) is 8.52. The van der Waals surface area contributed by atoms with Gasteiger partial charge in [-0.3, -0.25) is 4.72 Å². The second-order valence-corrected chi connectivity index (χ2v) is 6.59. The molecule has 0 unspecified atom stereocenters. The molecule has 1 heterocycles. The number of hydrogen-bond donors (Lipinski definition) is 1. The molecule has 1 N–H and O–H groups in total. The van der Waals surface area contributed by atoms with E-state index >= 15 is 0 Å². The van der Waals surface area contributed by atoms with Gasteiger partial charge in [0.25, 0.3) is 0 Å². The number of sulfonamides is 1. The number of hydrogen-bond acceptors (Lipinski definition) is 4. The lowest BCUT2D eigenvalue weighted by Gasteiger charge is -2.20. The normalized spacial score (nSPS) is 14.3. The van der Waals surface area contributed by atoms with Crippen molar-refractivity contribution in [3.05, 3.63) is 16.6 Å². The minimum Gasteiger partial charge on any atom is -0.486 e. The molecular weight excluding hydrogens is 322 g/mol. The Labute approximate surface area is 115 Å². The van der Waals surface area contributed by atoms with E-state index in [-0.39, 0.29) is 5.75 Å². The van der Waals surface area contributed by atoms with E-state index in [0.717, 1.165) is 0 Å². The highest BCUT2D eigenvalue weighted by molar-refractivity contribution is 9.10. The summed E-state index contributed by atoms with van der Waals surface area (Å²) in [4.78, 5) is 0. The molecule has 0 aromatic heterocycles. The molecule has 0 fully saturated rings. The van der Waals surface area contributed by atoms with Crippen molar-refractivity contribution < 1.29 is 17.9 Å². The Morgan fingerprint density at radius 1 is 1.28 bits per heavy atom. The molecule has 0 saturated carbocycles. The lowest BCUT2D eigenvalue weighted by Crippen LogP contribution is -2.18. The quantitative estimate of drug-likeness (QED) is 0.917. The van der Waals surface area contributed by atoms with Gasteiger partial charge >= 0.3 is 0 Å². The number of rotatable bonds is 4. The molecule has 0 spiro atoms. The zero-order valence-corrected chi connectivity index (χ0v) is 12.3. The fourth-order valence-electron chi connectivity index (χ4n) is 1.63. The lowest BCUT2D eigenvalue weighted by atomic mass is 10.2. The highest BCUT2D eigenvalue weighted by Crippen LogP contribution is 2.38. The summed E-state index contributed by atoms with van der Waals surface area (Å²) in [7, 11) is -3.31. The summed E-state index contributed by atoms with van der Waals surface area (Å²) in [6, 6.07) is 3.34. The molecule has 0 amide bonds. The number of fused-ring (bicyclic) bond motifs is 1. The van der Waals surface area contributed by atoms with Crippen LogP contribution in [0.2, 0.25) is 0 Å². The molecule has 1 aromatic rings. The van der Waals surface area contributed by atoms with Gasteiger partial charge in [0.05, 0.1) is 11.4 Å². The molecule has 0 radical (unpaired) electrons. The average Bonchev–Trinajstić information content (AvgIpc) is 2.29. The van der Waals surface area contributed by atoms with Gasteiger partial charge in [-0.05, 0) is 22.4 Å². The van der Waals surface area contributed by atoms with Crippen molar-refractivity contribution in [3.63, 3.8) is 0 Å². The van der Waals surface area contributed by atoms with E-state index in [2.05, 4.69) is 20.7 Å². The first-order valence-electron chi connectivity index (χ1n) is 5.61. The molecule has 7 heteroatoms. The maximum atomic E-state index is 11.7. The first-order valence-corrected chi connectivity index (χ1v) is 8.06. The number of benzene rings is 1. The highest BCUT2D eigenvalue weighted by Gasteiger charge is 2.17. The third-order valence-electron chi connectivity index (χ3n) is 2.37. The maximum Gasteiger partial charge on any atom is 0.232 e. The van der Waals surface area contributed by atoms with Crippen LogP contribution in [-0.2, 0) is 10.0 Å². The summed E-state index contributed by atoms with van der Waals surface area (Å²) in [5, 5.41) is 0. The van der Waals surface area contributed by atoms with E-state index in [9.17, 15) is 8.42 Å². The molecule has 5 nitrogen and oxygen atoms in total. The summed E-state index contributed by atoms with van der Waals surface area (Å²) in [6.07, 6.45) is 0.567. The molecule has 1 aliphatic rings. The summed E-state index contributed by atoms with van der Waals surface area (Å²) < 4.78 is 37.4. The topological polar surface area (TPSA) is 64.6 Å². The van der Waals surface area contributed by atoms with Gasteiger partial charge in [0, 0.05) is 16.6 Å². The fraction of sp³-hybridized carbons (Fsp3) is 0.455. The number of halogens is 1. The second kappa shape index (κ2) is 5.36. The molecule has 18 heavy (non-hydrogen) atoms. The van der Waals surface area contributed by atoms with Gasteiger partial charge in [0.15, 0.2) is 11.5 Å². The van der Waals surface area contributed by atoms with E-state index < -0.39 is 10.0 Å². The smallest absolute Gasteiger partial charge is 0.232 e. The van der Waals surface area contributed by atoms with Crippen LogP contribution in [0.4, 0.5) is 5.69 Å². The van der Waals surface area contributed by atoms with Crippen molar-refractivity contribution >= 4 is 31.6 Å². The predicted molar refractivity (Wildman–Crippen MR) is 72.8 cm³/mol. The zero-order valence-electron chi connectivity index (χ0n) is 9.90. The molecule has 1 aromatic carbocycles. The van der Waals surface area contributed by atoms with Crippen LogP contribution < -0.4 is 14.2 Å². The van der Waals surface area contributed by atoms with Crippen LogP contribution in [0.3, 0.4) is 0 Å². The second-order valence-electron chi connectivity index (χ2n) is 3.90. The molecule has 0 bridgehead atoms. The molecule has 2 rings (SSSR count). The zero-order chi connectivity index (χ0) is 13.2.